The first kappa shape index (κ1) is 11.5. The van der Waals surface area contributed by atoms with Gasteiger partial charge in [0.25, 0.3) is 0 Å². The number of carbonyl (C=O) groups is 2. The van der Waals surface area contributed by atoms with Gasteiger partial charge in [-0.25, -0.2) is 4.79 Å². The fraction of sp³-hybridized carbons (Fsp3) is 0.273. The first-order valence-corrected chi connectivity index (χ1v) is 6.17. The maximum absolute atomic E-state index is 11.6. The second kappa shape index (κ2) is 4.47. The second-order valence-corrected chi connectivity index (χ2v) is 4.63. The van der Waals surface area contributed by atoms with Gasteiger partial charge < -0.3 is 4.74 Å². The number of hydrogen-bond donors (Lipinski definition) is 0. The summed E-state index contributed by atoms with van der Waals surface area (Å²) in [5.74, 6) is -0.127. The van der Waals surface area contributed by atoms with Gasteiger partial charge in [0.05, 0.1) is 28.5 Å². The van der Waals surface area contributed by atoms with Crippen LogP contribution in [0.15, 0.2) is 17.0 Å². The van der Waals surface area contributed by atoms with Crippen molar-refractivity contribution in [3.05, 3.63) is 28.3 Å². The Hall–Kier alpha value is -1.000. The Bertz CT molecular complexity index is 471. The van der Waals surface area contributed by atoms with Gasteiger partial charge in [0.15, 0.2) is 5.78 Å². The number of halogens is 1. The fourth-order valence-electron chi connectivity index (χ4n) is 1.52. The van der Waals surface area contributed by atoms with E-state index in [1.165, 1.54) is 11.8 Å². The number of esters is 1. The monoisotopic (exact) mass is 256 g/mol. The van der Waals surface area contributed by atoms with E-state index in [9.17, 15) is 9.59 Å². The predicted molar refractivity (Wildman–Crippen MR) is 62.5 cm³/mol. The number of rotatable bonds is 2. The van der Waals surface area contributed by atoms with Gasteiger partial charge in [0, 0.05) is 4.90 Å². The molecule has 1 aromatic rings. The van der Waals surface area contributed by atoms with E-state index >= 15 is 0 Å². The highest BCUT2D eigenvalue weighted by Gasteiger charge is 2.27. The molecule has 0 unspecified atom stereocenters. The number of carbonyl (C=O) groups excluding carboxylic acids is 2. The average molecular weight is 257 g/mol. The molecule has 3 nitrogen and oxygen atoms in total. The molecule has 0 aromatic heterocycles. The van der Waals surface area contributed by atoms with Crippen molar-refractivity contribution in [1.29, 1.82) is 0 Å². The van der Waals surface area contributed by atoms with Crippen molar-refractivity contribution in [2.75, 3.05) is 12.4 Å². The van der Waals surface area contributed by atoms with Crippen molar-refractivity contribution in [2.45, 2.75) is 11.8 Å². The predicted octanol–water partition coefficient (Wildman–Crippen LogP) is 2.81. The molecule has 1 heterocycles. The number of hydrogen-bond acceptors (Lipinski definition) is 4. The van der Waals surface area contributed by atoms with Gasteiger partial charge in [-0.2, -0.15) is 0 Å². The Labute approximate surface area is 102 Å². The SMILES string of the molecule is CCOC(=O)c1ccc2c(c1Cl)C(=O)CS2. The number of thioether (sulfide) groups is 1. The molecule has 0 bridgehead atoms. The summed E-state index contributed by atoms with van der Waals surface area (Å²) >= 11 is 7.48. The Morgan fingerprint density at radius 3 is 3.00 bits per heavy atom. The molecule has 0 saturated carbocycles. The summed E-state index contributed by atoms with van der Waals surface area (Å²) < 4.78 is 4.86. The topological polar surface area (TPSA) is 43.4 Å². The minimum atomic E-state index is -0.486. The molecule has 0 N–H and O–H groups in total. The van der Waals surface area contributed by atoms with Gasteiger partial charge in [-0.05, 0) is 19.1 Å². The van der Waals surface area contributed by atoms with Crippen LogP contribution in [-0.4, -0.2) is 24.1 Å². The van der Waals surface area contributed by atoms with E-state index < -0.39 is 5.97 Å². The van der Waals surface area contributed by atoms with E-state index in [0.717, 1.165) is 4.90 Å². The van der Waals surface area contributed by atoms with Crippen molar-refractivity contribution in [3.63, 3.8) is 0 Å². The first-order valence-electron chi connectivity index (χ1n) is 4.80. The molecule has 0 radical (unpaired) electrons. The molecule has 1 aromatic carbocycles. The van der Waals surface area contributed by atoms with Crippen molar-refractivity contribution in [3.8, 4) is 0 Å². The number of fused-ring (bicyclic) bond motifs is 1. The highest BCUT2D eigenvalue weighted by molar-refractivity contribution is 8.00. The molecular weight excluding hydrogens is 248 g/mol. The lowest BCUT2D eigenvalue weighted by Crippen LogP contribution is -2.08. The van der Waals surface area contributed by atoms with Gasteiger partial charge in [0.2, 0.25) is 0 Å². The van der Waals surface area contributed by atoms with E-state index in [1.54, 1.807) is 19.1 Å². The van der Waals surface area contributed by atoms with Gasteiger partial charge in [-0.3, -0.25) is 4.79 Å². The lowest BCUT2D eigenvalue weighted by Gasteiger charge is -2.06. The Kier molecular flexibility index (Phi) is 3.21. The van der Waals surface area contributed by atoms with Crippen LogP contribution in [0.1, 0.15) is 27.6 Å². The zero-order valence-electron chi connectivity index (χ0n) is 8.58. The number of Topliss-reactive ketones (excluding diaryl/α,β-unsaturated/α-hetero) is 1. The highest BCUT2D eigenvalue weighted by atomic mass is 35.5. The minimum Gasteiger partial charge on any atom is -0.462 e. The van der Waals surface area contributed by atoms with E-state index in [4.69, 9.17) is 16.3 Å². The third kappa shape index (κ3) is 1.83. The average Bonchev–Trinajstić information content (AvgIpc) is 2.62. The van der Waals surface area contributed by atoms with Gasteiger partial charge in [0.1, 0.15) is 0 Å². The zero-order chi connectivity index (χ0) is 11.7. The van der Waals surface area contributed by atoms with Crippen LogP contribution in [-0.2, 0) is 4.74 Å². The molecule has 5 heteroatoms. The van der Waals surface area contributed by atoms with Gasteiger partial charge in [-0.15, -0.1) is 11.8 Å². The molecular formula is C11H9ClO3S. The quantitative estimate of drug-likeness (QED) is 0.763. The molecule has 0 spiro atoms. The summed E-state index contributed by atoms with van der Waals surface area (Å²) in [6.07, 6.45) is 0. The standard InChI is InChI=1S/C11H9ClO3S/c1-2-15-11(14)6-3-4-8-9(10(6)12)7(13)5-16-8/h3-4H,2,5H2,1H3. The summed E-state index contributed by atoms with van der Waals surface area (Å²) in [4.78, 5) is 23.9. The Morgan fingerprint density at radius 2 is 2.31 bits per heavy atom. The summed E-state index contributed by atoms with van der Waals surface area (Å²) in [6.45, 7) is 2.01. The maximum Gasteiger partial charge on any atom is 0.339 e. The van der Waals surface area contributed by atoms with E-state index in [-0.39, 0.29) is 23.0 Å². The van der Waals surface area contributed by atoms with Crippen LogP contribution in [0.25, 0.3) is 0 Å². The first-order chi connectivity index (χ1) is 7.65. The lowest BCUT2D eigenvalue weighted by molar-refractivity contribution is 0.0526. The van der Waals surface area contributed by atoms with Crippen molar-refractivity contribution in [1.82, 2.24) is 0 Å². The van der Waals surface area contributed by atoms with Gasteiger partial charge in [-0.1, -0.05) is 11.6 Å². The fourth-order valence-corrected chi connectivity index (χ4v) is 2.88. The molecule has 84 valence electrons. The normalized spacial score (nSPS) is 13.8. The maximum atomic E-state index is 11.6. The number of benzene rings is 1. The van der Waals surface area contributed by atoms with E-state index in [1.807, 2.05) is 0 Å². The largest absolute Gasteiger partial charge is 0.462 e. The second-order valence-electron chi connectivity index (χ2n) is 3.23. The number of ether oxygens (including phenoxy) is 1. The summed E-state index contributed by atoms with van der Waals surface area (Å²) in [5.41, 5.74) is 0.718. The zero-order valence-corrected chi connectivity index (χ0v) is 10.2. The van der Waals surface area contributed by atoms with Crippen LogP contribution in [0.2, 0.25) is 5.02 Å². The van der Waals surface area contributed by atoms with Crippen molar-refractivity contribution in [2.24, 2.45) is 0 Å². The van der Waals surface area contributed by atoms with Crippen LogP contribution < -0.4 is 0 Å². The summed E-state index contributed by atoms with van der Waals surface area (Å²) in [6, 6.07) is 3.34. The lowest BCUT2D eigenvalue weighted by atomic mass is 10.1. The van der Waals surface area contributed by atoms with E-state index in [2.05, 4.69) is 0 Å². The van der Waals surface area contributed by atoms with Crippen molar-refractivity contribution < 1.29 is 14.3 Å². The molecule has 0 atom stereocenters. The van der Waals surface area contributed by atoms with Crippen molar-refractivity contribution >= 4 is 35.1 Å². The molecule has 2 rings (SSSR count). The van der Waals surface area contributed by atoms with Crippen LogP contribution in [0.5, 0.6) is 0 Å². The third-order valence-corrected chi connectivity index (χ3v) is 3.69. The van der Waals surface area contributed by atoms with Crippen LogP contribution >= 0.6 is 23.4 Å². The molecule has 0 fully saturated rings. The molecule has 0 amide bonds. The number of ketones is 1. The molecule has 1 aliphatic rings. The Morgan fingerprint density at radius 1 is 1.56 bits per heavy atom. The molecule has 16 heavy (non-hydrogen) atoms. The highest BCUT2D eigenvalue weighted by Crippen LogP contribution is 2.37. The molecule has 1 aliphatic heterocycles. The molecule has 0 aliphatic carbocycles. The third-order valence-electron chi connectivity index (χ3n) is 2.24. The van der Waals surface area contributed by atoms with Crippen LogP contribution in [0, 0.1) is 0 Å². The Balaban J connectivity index is 2.47. The summed E-state index contributed by atoms with van der Waals surface area (Å²) in [5, 5.41) is 0.214. The summed E-state index contributed by atoms with van der Waals surface area (Å²) in [7, 11) is 0. The van der Waals surface area contributed by atoms with Crippen LogP contribution in [0.4, 0.5) is 0 Å². The smallest absolute Gasteiger partial charge is 0.339 e. The molecule has 0 saturated heterocycles. The van der Waals surface area contributed by atoms with Gasteiger partial charge >= 0.3 is 5.97 Å². The van der Waals surface area contributed by atoms with E-state index in [0.29, 0.717) is 11.3 Å². The minimum absolute atomic E-state index is 0.0313. The van der Waals surface area contributed by atoms with Crippen LogP contribution in [0.3, 0.4) is 0 Å².